The smallest absolute Gasteiger partial charge is 0.319 e. The van der Waals surface area contributed by atoms with Crippen LogP contribution in [-0.2, 0) is 0 Å². The number of anilines is 1. The van der Waals surface area contributed by atoms with Crippen molar-refractivity contribution in [1.82, 2.24) is 20.4 Å². The summed E-state index contributed by atoms with van der Waals surface area (Å²) < 4.78 is 25.4. The van der Waals surface area contributed by atoms with Gasteiger partial charge in [-0.1, -0.05) is 5.16 Å². The molecule has 1 unspecified atom stereocenters. The molecule has 2 amide bonds. The number of amides is 2. The Bertz CT molecular complexity index is 1150. The zero-order chi connectivity index (χ0) is 23.4. The normalized spacial score (nSPS) is 13.9. The molecule has 0 aliphatic heterocycles. The zero-order valence-electron chi connectivity index (χ0n) is 17.7. The van der Waals surface area contributed by atoms with Crippen molar-refractivity contribution in [1.29, 1.82) is 0 Å². The van der Waals surface area contributed by atoms with E-state index in [9.17, 15) is 14.0 Å². The lowest BCUT2D eigenvalue weighted by Crippen LogP contribution is -2.31. The Balaban J connectivity index is 1.39. The summed E-state index contributed by atoms with van der Waals surface area (Å²) in [5, 5.41) is 17.3. The molecule has 1 fully saturated rings. The number of nitrogens with zero attached hydrogens (tertiary/aromatic N) is 3. The highest BCUT2D eigenvalue weighted by Gasteiger charge is 2.31. The predicted octanol–water partition coefficient (Wildman–Crippen LogP) is 3.12. The summed E-state index contributed by atoms with van der Waals surface area (Å²) in [7, 11) is 0. The van der Waals surface area contributed by atoms with Crippen LogP contribution in [0.15, 0.2) is 41.1 Å². The van der Waals surface area contributed by atoms with Crippen LogP contribution in [0.4, 0.5) is 14.9 Å². The highest BCUT2D eigenvalue weighted by molar-refractivity contribution is 5.97. The Labute approximate surface area is 188 Å². The Kier molecular flexibility index (Phi) is 6.59. The average molecular weight is 455 g/mol. The number of aromatic nitrogens is 3. The molecule has 1 aromatic carbocycles. The number of urea groups is 1. The predicted molar refractivity (Wildman–Crippen MR) is 114 cm³/mol. The first-order valence-corrected chi connectivity index (χ1v) is 10.4. The molecular weight excluding hydrogens is 433 g/mol. The number of nitrogens with one attached hydrogen (secondary N) is 2. The Morgan fingerprint density at radius 1 is 1.30 bits per heavy atom. The van der Waals surface area contributed by atoms with Gasteiger partial charge in [-0.05, 0) is 50.1 Å². The maximum atomic E-state index is 14.4. The van der Waals surface area contributed by atoms with Gasteiger partial charge in [0.2, 0.25) is 5.82 Å². The highest BCUT2D eigenvalue weighted by atomic mass is 19.1. The van der Waals surface area contributed by atoms with Crippen molar-refractivity contribution in [3.63, 3.8) is 0 Å². The zero-order valence-corrected chi connectivity index (χ0v) is 17.7. The molecule has 0 spiro atoms. The maximum absolute atomic E-state index is 14.4. The highest BCUT2D eigenvalue weighted by Crippen LogP contribution is 2.32. The molecule has 1 aliphatic rings. The van der Waals surface area contributed by atoms with Gasteiger partial charge in [0.1, 0.15) is 17.3 Å². The molecule has 0 bridgehead atoms. The van der Waals surface area contributed by atoms with Crippen LogP contribution in [0.3, 0.4) is 0 Å². The second-order valence-corrected chi connectivity index (χ2v) is 7.53. The number of hydrogen-bond donors (Lipinski definition) is 3. The van der Waals surface area contributed by atoms with Crippen LogP contribution >= 0.6 is 0 Å². The number of pyridine rings is 1. The van der Waals surface area contributed by atoms with Gasteiger partial charge in [0.25, 0.3) is 5.89 Å². The number of aliphatic hydroxyl groups excluding tert-OH is 1. The van der Waals surface area contributed by atoms with Crippen molar-refractivity contribution < 1.29 is 28.3 Å². The van der Waals surface area contributed by atoms with Gasteiger partial charge in [0.15, 0.2) is 11.9 Å². The number of ketones is 1. The first-order chi connectivity index (χ1) is 15.9. The summed E-state index contributed by atoms with van der Waals surface area (Å²) in [6.45, 7) is 1.55. The summed E-state index contributed by atoms with van der Waals surface area (Å²) in [5.41, 5.74) is 0.705. The van der Waals surface area contributed by atoms with Crippen LogP contribution < -0.4 is 15.4 Å². The van der Waals surface area contributed by atoms with Gasteiger partial charge in [-0.2, -0.15) is 4.98 Å². The van der Waals surface area contributed by atoms with E-state index in [-0.39, 0.29) is 42.3 Å². The summed E-state index contributed by atoms with van der Waals surface area (Å²) in [6, 6.07) is 6.70. The third kappa shape index (κ3) is 5.50. The van der Waals surface area contributed by atoms with Crippen molar-refractivity contribution in [2.24, 2.45) is 5.92 Å². The van der Waals surface area contributed by atoms with Crippen LogP contribution in [0, 0.1) is 11.7 Å². The first-order valence-electron chi connectivity index (χ1n) is 10.4. The topological polar surface area (TPSA) is 139 Å². The molecule has 4 rings (SSSR count). The molecule has 2 heterocycles. The van der Waals surface area contributed by atoms with Crippen LogP contribution in [-0.4, -0.2) is 45.2 Å². The third-order valence-electron chi connectivity index (χ3n) is 4.92. The summed E-state index contributed by atoms with van der Waals surface area (Å²) in [6.07, 6.45) is 2.72. The van der Waals surface area contributed by atoms with Gasteiger partial charge < -0.3 is 25.0 Å². The van der Waals surface area contributed by atoms with Gasteiger partial charge in [-0.3, -0.25) is 4.79 Å². The summed E-state index contributed by atoms with van der Waals surface area (Å²) in [5.74, 6) is 0.230. The Morgan fingerprint density at radius 3 is 2.79 bits per heavy atom. The van der Waals surface area contributed by atoms with Crippen LogP contribution in [0.2, 0.25) is 0 Å². The number of hydrogen-bond acceptors (Lipinski definition) is 8. The van der Waals surface area contributed by atoms with Crippen LogP contribution in [0.5, 0.6) is 5.75 Å². The number of halogens is 1. The molecule has 172 valence electrons. The summed E-state index contributed by atoms with van der Waals surface area (Å²) in [4.78, 5) is 32.1. The molecule has 10 nitrogen and oxygen atoms in total. The quantitative estimate of drug-likeness (QED) is 0.418. The third-order valence-corrected chi connectivity index (χ3v) is 4.92. The second kappa shape index (κ2) is 9.74. The lowest BCUT2D eigenvalue weighted by Gasteiger charge is -2.10. The van der Waals surface area contributed by atoms with Crippen molar-refractivity contribution in [2.45, 2.75) is 25.9 Å². The minimum atomic E-state index is -0.692. The number of benzene rings is 1. The monoisotopic (exact) mass is 455 g/mol. The van der Waals surface area contributed by atoms with E-state index in [4.69, 9.17) is 14.4 Å². The van der Waals surface area contributed by atoms with E-state index < -0.39 is 18.0 Å². The Hall–Kier alpha value is -3.86. The molecule has 11 heteroatoms. The SMILES string of the molecule is CC(Oc1ccc(C(=O)C2CC2)nc1)c1noc(-c2ccc(NC(=O)NCCO)c(F)c2)n1. The molecule has 2 aromatic heterocycles. The summed E-state index contributed by atoms with van der Waals surface area (Å²) >= 11 is 0. The largest absolute Gasteiger partial charge is 0.481 e. The fourth-order valence-electron chi connectivity index (χ4n) is 3.01. The molecule has 0 saturated heterocycles. The molecule has 1 saturated carbocycles. The first kappa shape index (κ1) is 22.3. The number of aliphatic hydroxyl groups is 1. The number of rotatable bonds is 9. The number of carbonyl (C=O) groups is 2. The molecule has 1 atom stereocenters. The number of ether oxygens (including phenoxy) is 1. The van der Waals surface area contributed by atoms with E-state index in [2.05, 4.69) is 25.8 Å². The minimum absolute atomic E-state index is 0.0401. The van der Waals surface area contributed by atoms with Crippen molar-refractivity contribution in [2.75, 3.05) is 18.5 Å². The van der Waals surface area contributed by atoms with E-state index in [0.29, 0.717) is 17.0 Å². The standard InChI is InChI=1S/C22H22FN5O5/c1-12(32-15-5-7-18(25-11-15)19(30)13-2-3-13)20-27-21(33-28-20)14-4-6-17(16(23)10-14)26-22(31)24-8-9-29/h4-7,10-13,29H,2-3,8-9H2,1H3,(H2,24,26,31). The van der Waals surface area contributed by atoms with E-state index in [1.807, 2.05) is 0 Å². The molecule has 1 aliphatic carbocycles. The lowest BCUT2D eigenvalue weighted by atomic mass is 10.2. The molecule has 0 radical (unpaired) electrons. The van der Waals surface area contributed by atoms with Crippen molar-refractivity contribution in [3.8, 4) is 17.2 Å². The fraction of sp³-hybridized carbons (Fsp3) is 0.318. The van der Waals surface area contributed by atoms with E-state index >= 15 is 0 Å². The number of Topliss-reactive ketones (excluding diaryl/α,β-unsaturated/α-hetero) is 1. The number of carbonyl (C=O) groups excluding carboxylic acids is 2. The molecule has 3 N–H and O–H groups in total. The van der Waals surface area contributed by atoms with E-state index in [0.717, 1.165) is 18.9 Å². The minimum Gasteiger partial charge on any atom is -0.481 e. The maximum Gasteiger partial charge on any atom is 0.319 e. The van der Waals surface area contributed by atoms with Crippen LogP contribution in [0.25, 0.3) is 11.5 Å². The van der Waals surface area contributed by atoms with E-state index in [1.165, 1.54) is 18.3 Å². The van der Waals surface area contributed by atoms with Gasteiger partial charge in [-0.15, -0.1) is 0 Å². The average Bonchev–Trinajstić information content (AvgIpc) is 3.55. The van der Waals surface area contributed by atoms with Gasteiger partial charge >= 0.3 is 6.03 Å². The van der Waals surface area contributed by atoms with Gasteiger partial charge in [0.05, 0.1) is 18.5 Å². The van der Waals surface area contributed by atoms with Gasteiger partial charge in [0, 0.05) is 18.0 Å². The second-order valence-electron chi connectivity index (χ2n) is 7.53. The lowest BCUT2D eigenvalue weighted by molar-refractivity contribution is 0.0962. The Morgan fingerprint density at radius 2 is 2.12 bits per heavy atom. The van der Waals surface area contributed by atoms with Crippen molar-refractivity contribution >= 4 is 17.5 Å². The van der Waals surface area contributed by atoms with Crippen LogP contribution in [0.1, 0.15) is 42.2 Å². The van der Waals surface area contributed by atoms with Crippen molar-refractivity contribution in [3.05, 3.63) is 53.9 Å². The molecular formula is C22H22FN5O5. The molecule has 3 aromatic rings. The fourth-order valence-corrected chi connectivity index (χ4v) is 3.01. The van der Waals surface area contributed by atoms with E-state index in [1.54, 1.807) is 19.1 Å². The van der Waals surface area contributed by atoms with Gasteiger partial charge in [-0.25, -0.2) is 14.2 Å². The molecule has 33 heavy (non-hydrogen) atoms.